The lowest BCUT2D eigenvalue weighted by molar-refractivity contribution is 1.13. The Morgan fingerprint density at radius 3 is 1.82 bits per heavy atom. The average molecular weight is 190 g/mol. The van der Waals surface area contributed by atoms with Crippen LogP contribution >= 0.6 is 23.2 Å². The van der Waals surface area contributed by atoms with Gasteiger partial charge in [-0.2, -0.15) is 0 Å². The molecule has 0 bridgehead atoms. The number of nitrogens with zero attached hydrogens (tertiary/aromatic N) is 1. The van der Waals surface area contributed by atoms with Crippen molar-refractivity contribution in [2.45, 2.75) is 0 Å². The summed E-state index contributed by atoms with van der Waals surface area (Å²) < 4.78 is 0. The first kappa shape index (κ1) is 8.69. The van der Waals surface area contributed by atoms with Gasteiger partial charge in [0.05, 0.1) is 15.7 Å². The molecule has 11 heavy (non-hydrogen) atoms. The average Bonchev–Trinajstić information content (AvgIpc) is 1.85. The second kappa shape index (κ2) is 3.33. The lowest BCUT2D eigenvalue weighted by Gasteiger charge is -2.15. The number of anilines is 1. The predicted molar refractivity (Wildman–Crippen MR) is 50.8 cm³/mol. The van der Waals surface area contributed by atoms with Gasteiger partial charge in [0.25, 0.3) is 0 Å². The molecule has 0 aliphatic rings. The maximum absolute atomic E-state index is 5.90. The second-order valence-electron chi connectivity index (χ2n) is 2.46. The second-order valence-corrected chi connectivity index (χ2v) is 3.28. The van der Waals surface area contributed by atoms with Gasteiger partial charge in [0.1, 0.15) is 0 Å². The van der Waals surface area contributed by atoms with Crippen molar-refractivity contribution in [1.29, 1.82) is 0 Å². The molecule has 3 heteroatoms. The Morgan fingerprint density at radius 1 is 1.09 bits per heavy atom. The van der Waals surface area contributed by atoms with E-state index in [0.717, 1.165) is 5.69 Å². The van der Waals surface area contributed by atoms with Crippen molar-refractivity contribution >= 4 is 28.9 Å². The Morgan fingerprint density at radius 2 is 1.55 bits per heavy atom. The Hall–Kier alpha value is -0.400. The van der Waals surface area contributed by atoms with E-state index >= 15 is 0 Å². The number of halogens is 2. The van der Waals surface area contributed by atoms with Crippen LogP contribution in [0.2, 0.25) is 10.0 Å². The van der Waals surface area contributed by atoms with E-state index in [1.807, 2.05) is 37.2 Å². The van der Waals surface area contributed by atoms with Gasteiger partial charge in [-0.05, 0) is 12.1 Å². The van der Waals surface area contributed by atoms with Crippen LogP contribution < -0.4 is 4.90 Å². The first-order valence-corrected chi connectivity index (χ1v) is 4.00. The third-order valence-corrected chi connectivity index (χ3v) is 1.99. The first-order valence-electron chi connectivity index (χ1n) is 3.24. The molecule has 0 atom stereocenters. The summed E-state index contributed by atoms with van der Waals surface area (Å²) in [6.45, 7) is 0. The minimum absolute atomic E-state index is 0.683. The van der Waals surface area contributed by atoms with E-state index in [1.54, 1.807) is 0 Å². The largest absolute Gasteiger partial charge is 0.375 e. The molecule has 0 radical (unpaired) electrons. The van der Waals surface area contributed by atoms with Crippen LogP contribution in [0.15, 0.2) is 18.2 Å². The van der Waals surface area contributed by atoms with Crippen molar-refractivity contribution in [3.63, 3.8) is 0 Å². The lowest BCUT2D eigenvalue weighted by atomic mass is 10.3. The molecule has 0 aliphatic carbocycles. The molecule has 0 aliphatic heterocycles. The molecule has 0 saturated heterocycles. The molecule has 0 saturated carbocycles. The fraction of sp³-hybridized carbons (Fsp3) is 0.250. The monoisotopic (exact) mass is 189 g/mol. The lowest BCUT2D eigenvalue weighted by Crippen LogP contribution is -2.09. The zero-order valence-electron chi connectivity index (χ0n) is 6.44. The van der Waals surface area contributed by atoms with E-state index in [1.165, 1.54) is 0 Å². The highest BCUT2D eigenvalue weighted by Crippen LogP contribution is 2.31. The molecule has 0 unspecified atom stereocenters. The summed E-state index contributed by atoms with van der Waals surface area (Å²) in [5, 5.41) is 1.37. The molecule has 1 rings (SSSR count). The number of para-hydroxylation sites is 1. The summed E-state index contributed by atoms with van der Waals surface area (Å²) >= 11 is 11.8. The van der Waals surface area contributed by atoms with Crippen LogP contribution in [-0.2, 0) is 0 Å². The van der Waals surface area contributed by atoms with Crippen LogP contribution in [0, 0.1) is 0 Å². The van der Waals surface area contributed by atoms with Gasteiger partial charge in [-0.3, -0.25) is 0 Å². The molecule has 60 valence electrons. The first-order chi connectivity index (χ1) is 5.13. The van der Waals surface area contributed by atoms with Crippen LogP contribution in [0.4, 0.5) is 5.69 Å². The standard InChI is InChI=1S/C8H9Cl2N/c1-11(2)8-6(9)4-3-5-7(8)10/h3-5H,1-2H3. The third-order valence-electron chi connectivity index (χ3n) is 1.38. The van der Waals surface area contributed by atoms with E-state index in [9.17, 15) is 0 Å². The van der Waals surface area contributed by atoms with Gasteiger partial charge in [-0.1, -0.05) is 29.3 Å². The molecule has 0 N–H and O–H groups in total. The Labute approximate surface area is 76.5 Å². The molecule has 0 amide bonds. The molecular formula is C8H9Cl2N. The minimum Gasteiger partial charge on any atom is -0.375 e. The van der Waals surface area contributed by atoms with Crippen LogP contribution in [0.3, 0.4) is 0 Å². The number of benzene rings is 1. The summed E-state index contributed by atoms with van der Waals surface area (Å²) in [4.78, 5) is 1.89. The summed E-state index contributed by atoms with van der Waals surface area (Å²) in [6.07, 6.45) is 0. The molecule has 0 aromatic heterocycles. The molecule has 0 heterocycles. The van der Waals surface area contributed by atoms with Crippen LogP contribution in [0.25, 0.3) is 0 Å². The van der Waals surface area contributed by atoms with Crippen molar-refractivity contribution in [1.82, 2.24) is 0 Å². The van der Waals surface area contributed by atoms with Crippen molar-refractivity contribution < 1.29 is 0 Å². The Balaban J connectivity index is 3.21. The summed E-state index contributed by atoms with van der Waals surface area (Å²) in [6, 6.07) is 5.48. The van der Waals surface area contributed by atoms with Gasteiger partial charge in [-0.15, -0.1) is 0 Å². The quantitative estimate of drug-likeness (QED) is 0.657. The SMILES string of the molecule is CN(C)c1c(Cl)cccc1Cl. The summed E-state index contributed by atoms with van der Waals surface area (Å²) in [5.74, 6) is 0. The zero-order chi connectivity index (χ0) is 8.43. The van der Waals surface area contributed by atoms with Crippen molar-refractivity contribution in [3.05, 3.63) is 28.2 Å². The number of rotatable bonds is 1. The van der Waals surface area contributed by atoms with Crippen LogP contribution in [0.1, 0.15) is 0 Å². The fourth-order valence-corrected chi connectivity index (χ4v) is 1.65. The van der Waals surface area contributed by atoms with E-state index in [-0.39, 0.29) is 0 Å². The van der Waals surface area contributed by atoms with Crippen molar-refractivity contribution in [2.24, 2.45) is 0 Å². The highest BCUT2D eigenvalue weighted by Gasteiger charge is 2.05. The molecule has 1 nitrogen and oxygen atoms in total. The van der Waals surface area contributed by atoms with Gasteiger partial charge in [0, 0.05) is 14.1 Å². The predicted octanol–water partition coefficient (Wildman–Crippen LogP) is 3.06. The topological polar surface area (TPSA) is 3.24 Å². The van der Waals surface area contributed by atoms with Gasteiger partial charge in [-0.25, -0.2) is 0 Å². The normalized spacial score (nSPS) is 9.82. The highest BCUT2D eigenvalue weighted by atomic mass is 35.5. The van der Waals surface area contributed by atoms with Crippen molar-refractivity contribution in [2.75, 3.05) is 19.0 Å². The Kier molecular flexibility index (Phi) is 2.63. The van der Waals surface area contributed by atoms with Crippen LogP contribution in [0.5, 0.6) is 0 Å². The minimum atomic E-state index is 0.683. The molecule has 0 fully saturated rings. The third kappa shape index (κ3) is 1.79. The maximum atomic E-state index is 5.90. The fourth-order valence-electron chi connectivity index (χ4n) is 0.916. The van der Waals surface area contributed by atoms with Gasteiger partial charge >= 0.3 is 0 Å². The highest BCUT2D eigenvalue weighted by molar-refractivity contribution is 6.39. The van der Waals surface area contributed by atoms with Crippen LogP contribution in [-0.4, -0.2) is 14.1 Å². The summed E-state index contributed by atoms with van der Waals surface area (Å²) in [7, 11) is 3.82. The molecular weight excluding hydrogens is 181 g/mol. The summed E-state index contributed by atoms with van der Waals surface area (Å²) in [5.41, 5.74) is 0.871. The van der Waals surface area contributed by atoms with E-state index < -0.39 is 0 Å². The number of hydrogen-bond donors (Lipinski definition) is 0. The zero-order valence-corrected chi connectivity index (χ0v) is 7.95. The van der Waals surface area contributed by atoms with E-state index in [2.05, 4.69) is 0 Å². The van der Waals surface area contributed by atoms with E-state index in [4.69, 9.17) is 23.2 Å². The van der Waals surface area contributed by atoms with Crippen molar-refractivity contribution in [3.8, 4) is 0 Å². The smallest absolute Gasteiger partial charge is 0.0739 e. The van der Waals surface area contributed by atoms with Gasteiger partial charge in [0.15, 0.2) is 0 Å². The molecule has 1 aromatic rings. The molecule has 1 aromatic carbocycles. The van der Waals surface area contributed by atoms with E-state index in [0.29, 0.717) is 10.0 Å². The molecule has 0 spiro atoms. The van der Waals surface area contributed by atoms with Gasteiger partial charge in [0.2, 0.25) is 0 Å². The Bertz CT molecular complexity index is 238. The maximum Gasteiger partial charge on any atom is 0.0739 e. The van der Waals surface area contributed by atoms with Gasteiger partial charge < -0.3 is 4.90 Å². The number of hydrogen-bond acceptors (Lipinski definition) is 1.